The molecule has 2 aromatic rings. The first-order valence-corrected chi connectivity index (χ1v) is 8.39. The molecule has 1 atom stereocenters. The number of phenolic OH excluding ortho intramolecular Hbond substituents is 2. The van der Waals surface area contributed by atoms with Crippen molar-refractivity contribution >= 4 is 23.5 Å². The molecule has 0 saturated heterocycles. The molecule has 28 heavy (non-hydrogen) atoms. The van der Waals surface area contributed by atoms with Crippen LogP contribution in [0.25, 0.3) is 0 Å². The second-order valence-electron chi connectivity index (χ2n) is 6.51. The predicted molar refractivity (Wildman–Crippen MR) is 92.2 cm³/mol. The fourth-order valence-electron chi connectivity index (χ4n) is 3.68. The third-order valence-electron chi connectivity index (χ3n) is 4.92. The van der Waals surface area contributed by atoms with Crippen molar-refractivity contribution in [2.24, 2.45) is 0 Å². The number of aromatic hydroxyl groups is 2. The molecule has 1 aliphatic heterocycles. The summed E-state index contributed by atoms with van der Waals surface area (Å²) in [5, 5.41) is 20.9. The summed E-state index contributed by atoms with van der Waals surface area (Å²) in [7, 11) is 1.17. The van der Waals surface area contributed by atoms with Gasteiger partial charge in [-0.3, -0.25) is 19.2 Å². The molecule has 0 aromatic heterocycles. The van der Waals surface area contributed by atoms with Crippen LogP contribution in [0.1, 0.15) is 55.5 Å². The van der Waals surface area contributed by atoms with Gasteiger partial charge in [-0.05, 0) is 17.7 Å². The maximum absolute atomic E-state index is 13.0. The first kappa shape index (κ1) is 17.7. The summed E-state index contributed by atoms with van der Waals surface area (Å²) in [5.74, 6) is -3.50. The molecule has 0 spiro atoms. The molecule has 2 aliphatic rings. The Hall–Kier alpha value is -3.68. The van der Waals surface area contributed by atoms with Crippen molar-refractivity contribution < 1.29 is 38.9 Å². The Labute approximate surface area is 158 Å². The average molecular weight is 382 g/mol. The molecule has 142 valence electrons. The lowest BCUT2D eigenvalue weighted by molar-refractivity contribution is -0.155. The predicted octanol–water partition coefficient (Wildman–Crippen LogP) is 1.58. The number of phenols is 2. The van der Waals surface area contributed by atoms with Crippen LogP contribution in [0.4, 0.5) is 0 Å². The van der Waals surface area contributed by atoms with Crippen molar-refractivity contribution in [3.8, 4) is 11.5 Å². The van der Waals surface area contributed by atoms with Gasteiger partial charge in [-0.1, -0.05) is 12.1 Å². The molecule has 1 aliphatic carbocycles. The van der Waals surface area contributed by atoms with E-state index in [1.165, 1.54) is 31.4 Å². The van der Waals surface area contributed by atoms with E-state index in [2.05, 4.69) is 4.74 Å². The second-order valence-corrected chi connectivity index (χ2v) is 6.51. The highest BCUT2D eigenvalue weighted by Crippen LogP contribution is 2.44. The Balaban J connectivity index is 1.94. The van der Waals surface area contributed by atoms with Crippen LogP contribution in [-0.2, 0) is 25.5 Å². The van der Waals surface area contributed by atoms with E-state index < -0.39 is 35.4 Å². The van der Waals surface area contributed by atoms with Crippen LogP contribution in [0.5, 0.6) is 11.5 Å². The van der Waals surface area contributed by atoms with Crippen LogP contribution in [0.2, 0.25) is 0 Å². The maximum Gasteiger partial charge on any atom is 0.310 e. The largest absolute Gasteiger partial charge is 0.507 e. The summed E-state index contributed by atoms with van der Waals surface area (Å²) in [4.78, 5) is 49.4. The van der Waals surface area contributed by atoms with E-state index in [1.54, 1.807) is 0 Å². The van der Waals surface area contributed by atoms with E-state index in [-0.39, 0.29) is 46.4 Å². The molecule has 0 bridgehead atoms. The Kier molecular flexibility index (Phi) is 3.92. The van der Waals surface area contributed by atoms with E-state index in [9.17, 15) is 29.4 Å². The third kappa shape index (κ3) is 2.45. The van der Waals surface area contributed by atoms with E-state index >= 15 is 0 Å². The number of cyclic esters (lactones) is 1. The smallest absolute Gasteiger partial charge is 0.310 e. The number of carbonyl (C=O) groups is 4. The normalized spacial score (nSPS) is 17.3. The van der Waals surface area contributed by atoms with Crippen molar-refractivity contribution in [3.05, 3.63) is 57.6 Å². The molecule has 2 aromatic carbocycles. The van der Waals surface area contributed by atoms with Gasteiger partial charge in [0.1, 0.15) is 17.6 Å². The number of ketones is 2. The standard InChI is InChI=1S/C20H14O8/c1-27-13(22)7-12-15-8(6-14(23)28-12)5-10-17(19(15)25)20(26)16-9(18(10)24)3-2-4-11(16)21/h2-5,12,21,25H,6-7H2,1H3. The number of carbonyl (C=O) groups excluding carboxylic acids is 4. The van der Waals surface area contributed by atoms with Crippen molar-refractivity contribution in [3.63, 3.8) is 0 Å². The van der Waals surface area contributed by atoms with Gasteiger partial charge in [-0.2, -0.15) is 0 Å². The number of hydrogen-bond acceptors (Lipinski definition) is 8. The number of esters is 2. The first-order chi connectivity index (χ1) is 13.3. The maximum atomic E-state index is 13.0. The van der Waals surface area contributed by atoms with E-state index in [0.29, 0.717) is 5.56 Å². The van der Waals surface area contributed by atoms with Crippen molar-refractivity contribution in [2.45, 2.75) is 18.9 Å². The number of benzene rings is 2. The fourth-order valence-corrected chi connectivity index (χ4v) is 3.68. The molecule has 0 amide bonds. The van der Waals surface area contributed by atoms with Gasteiger partial charge in [0.05, 0.1) is 31.1 Å². The van der Waals surface area contributed by atoms with Gasteiger partial charge in [-0.25, -0.2) is 0 Å². The van der Waals surface area contributed by atoms with Crippen LogP contribution in [0, 0.1) is 0 Å². The Bertz CT molecular complexity index is 1080. The molecule has 2 N–H and O–H groups in total. The van der Waals surface area contributed by atoms with Crippen LogP contribution in [0.3, 0.4) is 0 Å². The number of methoxy groups -OCH3 is 1. The van der Waals surface area contributed by atoms with Crippen molar-refractivity contribution in [1.29, 1.82) is 0 Å². The lowest BCUT2D eigenvalue weighted by atomic mass is 9.79. The van der Waals surface area contributed by atoms with Crippen LogP contribution >= 0.6 is 0 Å². The van der Waals surface area contributed by atoms with Gasteiger partial charge in [0.2, 0.25) is 5.78 Å². The summed E-state index contributed by atoms with van der Waals surface area (Å²) >= 11 is 0. The molecule has 0 fully saturated rings. The zero-order valence-electron chi connectivity index (χ0n) is 14.6. The fraction of sp³-hybridized carbons (Fsp3) is 0.200. The second kappa shape index (κ2) is 6.19. The number of fused-ring (bicyclic) bond motifs is 3. The summed E-state index contributed by atoms with van der Waals surface area (Å²) in [6.45, 7) is 0. The number of hydrogen-bond donors (Lipinski definition) is 2. The minimum atomic E-state index is -1.15. The molecule has 1 unspecified atom stereocenters. The highest BCUT2D eigenvalue weighted by Gasteiger charge is 2.40. The quantitative estimate of drug-likeness (QED) is 0.640. The third-order valence-corrected chi connectivity index (χ3v) is 4.92. The molecule has 0 radical (unpaired) electrons. The van der Waals surface area contributed by atoms with E-state index in [4.69, 9.17) is 4.74 Å². The molecule has 8 nitrogen and oxygen atoms in total. The summed E-state index contributed by atoms with van der Waals surface area (Å²) in [6.07, 6.45) is -1.73. The van der Waals surface area contributed by atoms with E-state index in [1.807, 2.05) is 0 Å². The van der Waals surface area contributed by atoms with Gasteiger partial charge < -0.3 is 19.7 Å². The van der Waals surface area contributed by atoms with Crippen LogP contribution in [0.15, 0.2) is 24.3 Å². The zero-order chi connectivity index (χ0) is 20.2. The summed E-state index contributed by atoms with van der Waals surface area (Å²) in [5.41, 5.74) is -0.153. The van der Waals surface area contributed by atoms with E-state index in [0.717, 1.165) is 0 Å². The van der Waals surface area contributed by atoms with Crippen molar-refractivity contribution in [1.82, 2.24) is 0 Å². The summed E-state index contributed by atoms with van der Waals surface area (Å²) < 4.78 is 9.76. The molecule has 8 heteroatoms. The van der Waals surface area contributed by atoms with Gasteiger partial charge in [-0.15, -0.1) is 0 Å². The molecular weight excluding hydrogens is 368 g/mol. The Morgan fingerprint density at radius 3 is 2.61 bits per heavy atom. The van der Waals surface area contributed by atoms with Crippen molar-refractivity contribution in [2.75, 3.05) is 7.11 Å². The number of rotatable bonds is 2. The highest BCUT2D eigenvalue weighted by atomic mass is 16.6. The highest BCUT2D eigenvalue weighted by molar-refractivity contribution is 6.30. The van der Waals surface area contributed by atoms with Crippen LogP contribution in [-0.4, -0.2) is 40.8 Å². The topological polar surface area (TPSA) is 127 Å². The van der Waals surface area contributed by atoms with Gasteiger partial charge in [0.25, 0.3) is 0 Å². The average Bonchev–Trinajstić information content (AvgIpc) is 2.65. The minimum absolute atomic E-state index is 0.0151. The first-order valence-electron chi connectivity index (χ1n) is 8.39. The molecular formula is C20H14O8. The number of ether oxygens (including phenoxy) is 2. The van der Waals surface area contributed by atoms with Crippen LogP contribution < -0.4 is 0 Å². The molecule has 4 rings (SSSR count). The lowest BCUT2D eigenvalue weighted by Crippen LogP contribution is -2.28. The van der Waals surface area contributed by atoms with Gasteiger partial charge in [0.15, 0.2) is 5.78 Å². The Morgan fingerprint density at radius 2 is 1.89 bits per heavy atom. The van der Waals surface area contributed by atoms with Gasteiger partial charge in [0, 0.05) is 16.7 Å². The Morgan fingerprint density at radius 1 is 1.14 bits per heavy atom. The zero-order valence-corrected chi connectivity index (χ0v) is 14.6. The monoisotopic (exact) mass is 382 g/mol. The summed E-state index contributed by atoms with van der Waals surface area (Å²) in [6, 6.07) is 5.48. The molecule has 1 heterocycles. The minimum Gasteiger partial charge on any atom is -0.507 e. The molecule has 0 saturated carbocycles. The SMILES string of the molecule is COC(=O)CC1OC(=O)Cc2cc3c(c(O)c21)C(=O)c1c(O)cccc1C3=O. The lowest BCUT2D eigenvalue weighted by Gasteiger charge is -2.29. The van der Waals surface area contributed by atoms with Gasteiger partial charge >= 0.3 is 11.9 Å².